The molecule has 2 unspecified atom stereocenters. The Morgan fingerprint density at radius 2 is 1.97 bits per heavy atom. The molecule has 0 spiro atoms. The molecular weight excluding hydrogens is 438 g/mol. The van der Waals surface area contributed by atoms with Gasteiger partial charge in [0.2, 0.25) is 0 Å². The molecule has 7 atom stereocenters. The van der Waals surface area contributed by atoms with Crippen LogP contribution in [0.4, 0.5) is 0 Å². The molecule has 0 heterocycles. The van der Waals surface area contributed by atoms with Crippen molar-refractivity contribution in [3.05, 3.63) is 35.5 Å². The molecule has 5 heteroatoms. The van der Waals surface area contributed by atoms with Crippen LogP contribution in [-0.4, -0.2) is 41.5 Å². The minimum atomic E-state index is -0.654. The van der Waals surface area contributed by atoms with E-state index < -0.39 is 12.2 Å². The van der Waals surface area contributed by atoms with E-state index in [4.69, 9.17) is 10.5 Å². The monoisotopic (exact) mass is 487 g/mol. The number of fused-ring (bicyclic) bond motifs is 1. The van der Waals surface area contributed by atoms with Crippen LogP contribution < -0.4 is 5.73 Å². The molecule has 0 radical (unpaired) electrons. The highest BCUT2D eigenvalue weighted by atomic mass is 16.5. The fourth-order valence-electron chi connectivity index (χ4n) is 7.26. The van der Waals surface area contributed by atoms with E-state index in [9.17, 15) is 15.0 Å². The Balaban J connectivity index is 1.80. The SMILES string of the molecule is C=C1/C(=C\C=C2CCC[C@@]3(C)C2CC[C@@H]3[C@H](C)C(CCC(C)C)C(=O)OCCN)C[C@@H](O)C[C@H]1O. The standard InChI is InChI=1S/C30H49NO4/c1-19(2)8-11-25(29(34)35-16-15-31)21(4)26-12-13-27-22(7-6-14-30(26,27)5)9-10-23-17-24(32)18-28(33)20(23)3/h9-10,19,21,24-28,32-33H,3,6-8,11-18,31H2,1-2,4-5H3/b22-9?,23-10-/t21-,24-,25?,26-,27?,28-,30-/m1/s1. The Kier molecular flexibility index (Phi) is 9.82. The highest BCUT2D eigenvalue weighted by Gasteiger charge is 2.52. The smallest absolute Gasteiger partial charge is 0.309 e. The van der Waals surface area contributed by atoms with Gasteiger partial charge in [0.05, 0.1) is 18.1 Å². The summed E-state index contributed by atoms with van der Waals surface area (Å²) >= 11 is 0. The molecule has 35 heavy (non-hydrogen) atoms. The summed E-state index contributed by atoms with van der Waals surface area (Å²) in [5.41, 5.74) is 8.97. The van der Waals surface area contributed by atoms with Gasteiger partial charge in [-0.2, -0.15) is 0 Å². The van der Waals surface area contributed by atoms with Gasteiger partial charge in [0, 0.05) is 13.0 Å². The Labute approximate surface area is 212 Å². The van der Waals surface area contributed by atoms with Gasteiger partial charge in [-0.3, -0.25) is 4.79 Å². The van der Waals surface area contributed by atoms with Gasteiger partial charge in [-0.15, -0.1) is 0 Å². The van der Waals surface area contributed by atoms with E-state index in [1.807, 2.05) is 0 Å². The Morgan fingerprint density at radius 1 is 1.23 bits per heavy atom. The minimum absolute atomic E-state index is 0.0696. The van der Waals surface area contributed by atoms with Crippen LogP contribution in [0.3, 0.4) is 0 Å². The number of carbonyl (C=O) groups excluding carboxylic acids is 1. The van der Waals surface area contributed by atoms with Crippen LogP contribution in [0.25, 0.3) is 0 Å². The average Bonchev–Trinajstić information content (AvgIpc) is 3.16. The number of aliphatic hydroxyl groups excluding tert-OH is 2. The predicted octanol–water partition coefficient (Wildman–Crippen LogP) is 5.32. The van der Waals surface area contributed by atoms with E-state index >= 15 is 0 Å². The summed E-state index contributed by atoms with van der Waals surface area (Å²) < 4.78 is 5.56. The van der Waals surface area contributed by atoms with Crippen LogP contribution >= 0.6 is 0 Å². The summed E-state index contributed by atoms with van der Waals surface area (Å²) in [5, 5.41) is 20.3. The Bertz CT molecular complexity index is 815. The molecule has 0 bridgehead atoms. The first-order chi connectivity index (χ1) is 16.6. The predicted molar refractivity (Wildman–Crippen MR) is 141 cm³/mol. The molecule has 4 N–H and O–H groups in total. The van der Waals surface area contributed by atoms with Gasteiger partial charge < -0.3 is 20.7 Å². The van der Waals surface area contributed by atoms with Crippen molar-refractivity contribution >= 4 is 5.97 Å². The van der Waals surface area contributed by atoms with Crippen molar-refractivity contribution in [2.45, 2.75) is 97.7 Å². The molecule has 0 aromatic carbocycles. The highest BCUT2D eigenvalue weighted by Crippen LogP contribution is 2.60. The third-order valence-corrected chi connectivity index (χ3v) is 9.29. The van der Waals surface area contributed by atoms with Crippen LogP contribution in [0.15, 0.2) is 35.5 Å². The molecule has 0 saturated heterocycles. The van der Waals surface area contributed by atoms with Crippen LogP contribution in [0.1, 0.15) is 85.5 Å². The molecule has 0 aromatic rings. The zero-order valence-corrected chi connectivity index (χ0v) is 22.5. The largest absolute Gasteiger partial charge is 0.464 e. The van der Waals surface area contributed by atoms with E-state index in [2.05, 4.69) is 46.4 Å². The summed E-state index contributed by atoms with van der Waals surface area (Å²) in [6, 6.07) is 0. The van der Waals surface area contributed by atoms with Crippen molar-refractivity contribution in [3.8, 4) is 0 Å². The maximum absolute atomic E-state index is 13.1. The average molecular weight is 488 g/mol. The van der Waals surface area contributed by atoms with Crippen LogP contribution in [-0.2, 0) is 9.53 Å². The molecule has 5 nitrogen and oxygen atoms in total. The van der Waals surface area contributed by atoms with Crippen molar-refractivity contribution < 1.29 is 19.7 Å². The number of nitrogens with two attached hydrogens (primary N) is 1. The summed E-state index contributed by atoms with van der Waals surface area (Å²) in [6.45, 7) is 13.9. The van der Waals surface area contributed by atoms with Crippen molar-refractivity contribution in [3.63, 3.8) is 0 Å². The van der Waals surface area contributed by atoms with Crippen molar-refractivity contribution in [1.82, 2.24) is 0 Å². The number of aliphatic hydroxyl groups is 2. The lowest BCUT2D eigenvalue weighted by Gasteiger charge is -2.45. The number of hydrogen-bond donors (Lipinski definition) is 3. The summed E-state index contributed by atoms with van der Waals surface area (Å²) in [7, 11) is 0. The van der Waals surface area contributed by atoms with Crippen LogP contribution in [0, 0.1) is 35.0 Å². The number of ether oxygens (including phenoxy) is 1. The van der Waals surface area contributed by atoms with E-state index in [0.717, 1.165) is 49.7 Å². The second kappa shape index (κ2) is 12.2. The third-order valence-electron chi connectivity index (χ3n) is 9.29. The van der Waals surface area contributed by atoms with Crippen LogP contribution in [0.5, 0.6) is 0 Å². The second-order valence-electron chi connectivity index (χ2n) is 12.1. The van der Waals surface area contributed by atoms with Gasteiger partial charge in [-0.05, 0) is 85.2 Å². The maximum Gasteiger partial charge on any atom is 0.309 e. The summed E-state index contributed by atoms with van der Waals surface area (Å²) in [5.74, 6) is 1.69. The van der Waals surface area contributed by atoms with Gasteiger partial charge in [0.1, 0.15) is 6.61 Å². The molecule has 3 aliphatic rings. The summed E-state index contributed by atoms with van der Waals surface area (Å²) in [4.78, 5) is 13.1. The first kappa shape index (κ1) is 28.1. The number of allylic oxidation sites excluding steroid dienone is 3. The number of hydrogen-bond acceptors (Lipinski definition) is 5. The number of esters is 1. The Morgan fingerprint density at radius 3 is 2.66 bits per heavy atom. The number of rotatable bonds is 9. The molecule has 198 valence electrons. The fourth-order valence-corrected chi connectivity index (χ4v) is 7.26. The zero-order valence-electron chi connectivity index (χ0n) is 22.5. The van der Waals surface area contributed by atoms with E-state index in [1.165, 1.54) is 12.0 Å². The fraction of sp³-hybridized carbons (Fsp3) is 0.767. The van der Waals surface area contributed by atoms with Gasteiger partial charge >= 0.3 is 5.97 Å². The summed E-state index contributed by atoms with van der Waals surface area (Å²) in [6.07, 6.45) is 11.8. The van der Waals surface area contributed by atoms with Crippen molar-refractivity contribution in [1.29, 1.82) is 0 Å². The van der Waals surface area contributed by atoms with Crippen LogP contribution in [0.2, 0.25) is 0 Å². The number of carbonyl (C=O) groups is 1. The first-order valence-electron chi connectivity index (χ1n) is 13.9. The lowest BCUT2D eigenvalue weighted by molar-refractivity contribution is -0.152. The molecule has 0 aliphatic heterocycles. The van der Waals surface area contributed by atoms with Gasteiger partial charge in [-0.25, -0.2) is 0 Å². The molecule has 0 aromatic heterocycles. The molecule has 3 fully saturated rings. The molecule has 3 rings (SSSR count). The van der Waals surface area contributed by atoms with Gasteiger partial charge in [0.15, 0.2) is 0 Å². The molecule has 0 amide bonds. The van der Waals surface area contributed by atoms with E-state index in [0.29, 0.717) is 43.7 Å². The van der Waals surface area contributed by atoms with Gasteiger partial charge in [0.25, 0.3) is 0 Å². The maximum atomic E-state index is 13.1. The molecular formula is C30H49NO4. The van der Waals surface area contributed by atoms with Crippen molar-refractivity contribution in [2.75, 3.05) is 13.2 Å². The topological polar surface area (TPSA) is 92.8 Å². The first-order valence-corrected chi connectivity index (χ1v) is 13.9. The second-order valence-corrected chi connectivity index (χ2v) is 12.1. The van der Waals surface area contributed by atoms with Crippen molar-refractivity contribution in [2.24, 2.45) is 40.7 Å². The quantitative estimate of drug-likeness (QED) is 0.383. The normalized spacial score (nSPS) is 35.4. The molecule has 3 aliphatic carbocycles. The minimum Gasteiger partial charge on any atom is -0.464 e. The van der Waals surface area contributed by atoms with E-state index in [1.54, 1.807) is 0 Å². The van der Waals surface area contributed by atoms with E-state index in [-0.39, 0.29) is 23.2 Å². The molecule has 3 saturated carbocycles. The lowest BCUT2D eigenvalue weighted by atomic mass is 9.59. The lowest BCUT2D eigenvalue weighted by Crippen LogP contribution is -2.40. The highest BCUT2D eigenvalue weighted by molar-refractivity contribution is 5.72. The Hall–Kier alpha value is -1.43. The van der Waals surface area contributed by atoms with Gasteiger partial charge in [-0.1, -0.05) is 58.4 Å². The third kappa shape index (κ3) is 6.47. The zero-order chi connectivity index (χ0) is 25.8.